The zero-order valence-corrected chi connectivity index (χ0v) is 11.3. The van der Waals surface area contributed by atoms with Gasteiger partial charge in [-0.3, -0.25) is 0 Å². The van der Waals surface area contributed by atoms with E-state index in [9.17, 15) is 5.11 Å². The Labute approximate surface area is 118 Å². The van der Waals surface area contributed by atoms with Crippen LogP contribution in [-0.4, -0.2) is 56.3 Å². The molecule has 0 bridgehead atoms. The lowest BCUT2D eigenvalue weighted by atomic mass is 10.1. The first-order chi connectivity index (χ1) is 9.79. The maximum atomic E-state index is 10.5. The Morgan fingerprint density at radius 2 is 1.60 bits per heavy atom. The van der Waals surface area contributed by atoms with E-state index in [1.54, 1.807) is 0 Å². The number of epoxide rings is 3. The van der Waals surface area contributed by atoms with Crippen LogP contribution in [0.4, 0.5) is 5.69 Å². The molecular formula is C15H19NO4. The highest BCUT2D eigenvalue weighted by molar-refractivity contribution is 5.61. The van der Waals surface area contributed by atoms with Crippen LogP contribution in [0.3, 0.4) is 0 Å². The van der Waals surface area contributed by atoms with Crippen molar-refractivity contribution >= 4 is 5.69 Å². The largest absolute Gasteiger partial charge is 0.505 e. The molecule has 4 rings (SSSR count). The number of phenols is 1. The lowest BCUT2D eigenvalue weighted by Gasteiger charge is -2.25. The van der Waals surface area contributed by atoms with E-state index in [1.807, 2.05) is 18.2 Å². The Hall–Kier alpha value is -1.30. The summed E-state index contributed by atoms with van der Waals surface area (Å²) in [4.78, 5) is 2.18. The van der Waals surface area contributed by atoms with E-state index in [-0.39, 0.29) is 6.10 Å². The summed E-state index contributed by atoms with van der Waals surface area (Å²) in [5.41, 5.74) is 1.84. The molecule has 3 heterocycles. The minimum Gasteiger partial charge on any atom is -0.505 e. The van der Waals surface area contributed by atoms with Crippen LogP contribution in [0.15, 0.2) is 18.2 Å². The number of nitrogens with zero attached hydrogens (tertiary/aromatic N) is 1. The Kier molecular flexibility index (Phi) is 3.06. The lowest BCUT2D eigenvalue weighted by Crippen LogP contribution is -2.31. The maximum absolute atomic E-state index is 10.5. The van der Waals surface area contributed by atoms with Crippen molar-refractivity contribution in [1.29, 1.82) is 0 Å². The smallest absolute Gasteiger partial charge is 0.142 e. The average Bonchev–Trinajstić information content (AvgIpc) is 3.25. The van der Waals surface area contributed by atoms with Gasteiger partial charge in [0, 0.05) is 19.5 Å². The van der Waals surface area contributed by atoms with Crippen molar-refractivity contribution in [2.75, 3.05) is 37.8 Å². The molecule has 3 saturated heterocycles. The van der Waals surface area contributed by atoms with Crippen LogP contribution >= 0.6 is 0 Å². The fourth-order valence-electron chi connectivity index (χ4n) is 2.54. The van der Waals surface area contributed by atoms with Gasteiger partial charge in [0.1, 0.15) is 5.75 Å². The second-order valence-electron chi connectivity index (χ2n) is 5.76. The van der Waals surface area contributed by atoms with Crippen LogP contribution < -0.4 is 4.90 Å². The second-order valence-corrected chi connectivity index (χ2v) is 5.76. The highest BCUT2D eigenvalue weighted by atomic mass is 16.6. The Balaban J connectivity index is 1.55. The third-order valence-corrected chi connectivity index (χ3v) is 3.94. The van der Waals surface area contributed by atoms with Crippen molar-refractivity contribution in [2.24, 2.45) is 0 Å². The number of hydrogen-bond donors (Lipinski definition) is 1. The Morgan fingerprint density at radius 1 is 1.00 bits per heavy atom. The first-order valence-corrected chi connectivity index (χ1v) is 7.20. The molecule has 3 fully saturated rings. The summed E-state index contributed by atoms with van der Waals surface area (Å²) >= 11 is 0. The Morgan fingerprint density at radius 3 is 2.15 bits per heavy atom. The molecule has 0 aliphatic carbocycles. The van der Waals surface area contributed by atoms with Gasteiger partial charge in [-0.25, -0.2) is 0 Å². The zero-order valence-electron chi connectivity index (χ0n) is 11.3. The highest BCUT2D eigenvalue weighted by Crippen LogP contribution is 2.35. The molecule has 5 nitrogen and oxygen atoms in total. The summed E-state index contributed by atoms with van der Waals surface area (Å²) in [5.74, 6) is 0.379. The summed E-state index contributed by atoms with van der Waals surface area (Å²) < 4.78 is 15.9. The van der Waals surface area contributed by atoms with Crippen LogP contribution in [0, 0.1) is 0 Å². The van der Waals surface area contributed by atoms with Crippen molar-refractivity contribution in [3.05, 3.63) is 23.8 Å². The van der Waals surface area contributed by atoms with E-state index in [0.717, 1.165) is 50.6 Å². The monoisotopic (exact) mass is 277 g/mol. The molecule has 3 unspecified atom stereocenters. The van der Waals surface area contributed by atoms with Gasteiger partial charge in [0.2, 0.25) is 0 Å². The molecule has 1 aromatic rings. The number of hydrogen-bond acceptors (Lipinski definition) is 5. The molecule has 0 amide bonds. The van der Waals surface area contributed by atoms with Gasteiger partial charge in [0.25, 0.3) is 0 Å². The molecule has 1 aromatic carbocycles. The third-order valence-electron chi connectivity index (χ3n) is 3.94. The number of benzene rings is 1. The van der Waals surface area contributed by atoms with Gasteiger partial charge in [-0.05, 0) is 11.6 Å². The zero-order chi connectivity index (χ0) is 13.5. The molecule has 5 heteroatoms. The van der Waals surface area contributed by atoms with Crippen LogP contribution in [0.2, 0.25) is 0 Å². The molecule has 0 aromatic heterocycles. The first kappa shape index (κ1) is 12.4. The van der Waals surface area contributed by atoms with E-state index in [0.29, 0.717) is 18.0 Å². The standard InChI is InChI=1S/C15H19NO4/c17-15-10(4-11-7-18-11)2-1-3-14(15)16(5-12-8-19-12)6-13-9-20-13/h1-3,11-13,17H,4-9H2. The molecule has 3 aliphatic heterocycles. The SMILES string of the molecule is Oc1c(CC2CO2)cccc1N(CC1CO1)CC1CO1. The second kappa shape index (κ2) is 4.91. The molecule has 20 heavy (non-hydrogen) atoms. The van der Waals surface area contributed by atoms with Crippen LogP contribution in [0.5, 0.6) is 5.75 Å². The van der Waals surface area contributed by atoms with Gasteiger partial charge < -0.3 is 24.2 Å². The van der Waals surface area contributed by atoms with Crippen molar-refractivity contribution in [1.82, 2.24) is 0 Å². The molecule has 0 radical (unpaired) electrons. The normalized spacial score (nSPS) is 30.1. The molecule has 0 spiro atoms. The van der Waals surface area contributed by atoms with E-state index in [1.165, 1.54) is 0 Å². The van der Waals surface area contributed by atoms with E-state index in [2.05, 4.69) is 4.90 Å². The van der Waals surface area contributed by atoms with Crippen molar-refractivity contribution in [3.63, 3.8) is 0 Å². The first-order valence-electron chi connectivity index (χ1n) is 7.20. The predicted octanol–water partition coefficient (Wildman–Crippen LogP) is 0.937. The minimum atomic E-state index is 0.281. The molecule has 0 saturated carbocycles. The van der Waals surface area contributed by atoms with Crippen LogP contribution in [0.1, 0.15) is 5.56 Å². The maximum Gasteiger partial charge on any atom is 0.142 e. The van der Waals surface area contributed by atoms with E-state index < -0.39 is 0 Å². The average molecular weight is 277 g/mol. The lowest BCUT2D eigenvalue weighted by molar-refractivity contribution is 0.386. The minimum absolute atomic E-state index is 0.281. The van der Waals surface area contributed by atoms with Gasteiger partial charge >= 0.3 is 0 Å². The highest BCUT2D eigenvalue weighted by Gasteiger charge is 2.32. The topological polar surface area (TPSA) is 61.1 Å². The number of rotatable bonds is 7. The van der Waals surface area contributed by atoms with Crippen molar-refractivity contribution in [2.45, 2.75) is 24.7 Å². The van der Waals surface area contributed by atoms with Gasteiger partial charge in [-0.2, -0.15) is 0 Å². The molecular weight excluding hydrogens is 258 g/mol. The Bertz CT molecular complexity index is 481. The van der Waals surface area contributed by atoms with Crippen LogP contribution in [0.25, 0.3) is 0 Å². The van der Waals surface area contributed by atoms with Crippen molar-refractivity contribution in [3.8, 4) is 5.75 Å². The molecule has 1 N–H and O–H groups in total. The fourth-order valence-corrected chi connectivity index (χ4v) is 2.54. The molecule has 3 aliphatic rings. The predicted molar refractivity (Wildman–Crippen MR) is 73.2 cm³/mol. The van der Waals surface area contributed by atoms with Gasteiger partial charge in [0.05, 0.1) is 43.8 Å². The number of para-hydroxylation sites is 1. The summed E-state index contributed by atoms with van der Waals surface area (Å²) in [6, 6.07) is 5.94. The summed E-state index contributed by atoms with van der Waals surface area (Å²) in [5, 5.41) is 10.5. The molecule has 3 atom stereocenters. The van der Waals surface area contributed by atoms with Gasteiger partial charge in [-0.1, -0.05) is 12.1 Å². The summed E-state index contributed by atoms with van der Waals surface area (Å²) in [7, 11) is 0. The summed E-state index contributed by atoms with van der Waals surface area (Å²) in [6.45, 7) is 4.07. The van der Waals surface area contributed by atoms with Gasteiger partial charge in [-0.15, -0.1) is 0 Å². The number of phenolic OH excluding ortho intramolecular Hbond substituents is 1. The number of aromatic hydroxyl groups is 1. The summed E-state index contributed by atoms with van der Waals surface area (Å²) in [6.07, 6.45) is 1.66. The van der Waals surface area contributed by atoms with Gasteiger partial charge in [0.15, 0.2) is 0 Å². The number of ether oxygens (including phenoxy) is 3. The van der Waals surface area contributed by atoms with E-state index in [4.69, 9.17) is 14.2 Å². The van der Waals surface area contributed by atoms with Crippen molar-refractivity contribution < 1.29 is 19.3 Å². The molecule has 108 valence electrons. The third kappa shape index (κ3) is 2.90. The van der Waals surface area contributed by atoms with E-state index >= 15 is 0 Å². The quantitative estimate of drug-likeness (QED) is 0.752. The fraction of sp³-hybridized carbons (Fsp3) is 0.600. The van der Waals surface area contributed by atoms with Crippen LogP contribution in [-0.2, 0) is 20.6 Å². The number of anilines is 1.